The molecule has 35 heavy (non-hydrogen) atoms. The molecule has 1 fully saturated rings. The first-order chi connectivity index (χ1) is 16.8. The Hall–Kier alpha value is -2.92. The summed E-state index contributed by atoms with van der Waals surface area (Å²) in [6.45, 7) is 12.4. The number of hydrogen-bond acceptors (Lipinski definition) is 4. The summed E-state index contributed by atoms with van der Waals surface area (Å²) in [6, 6.07) is 17.3. The maximum Gasteiger partial charge on any atom is 0.259 e. The fraction of sp³-hybridized carbons (Fsp3) is 0.467. The van der Waals surface area contributed by atoms with Crippen molar-refractivity contribution < 1.29 is 0 Å². The second kappa shape index (κ2) is 9.62. The summed E-state index contributed by atoms with van der Waals surface area (Å²) in [5.74, 6) is 2.07. The van der Waals surface area contributed by atoms with E-state index in [1.165, 1.54) is 30.4 Å². The van der Waals surface area contributed by atoms with Crippen LogP contribution in [-0.2, 0) is 13.1 Å². The highest BCUT2D eigenvalue weighted by Crippen LogP contribution is 2.37. The predicted molar refractivity (Wildman–Crippen MR) is 143 cm³/mol. The van der Waals surface area contributed by atoms with Crippen LogP contribution in [0.25, 0.3) is 0 Å². The van der Waals surface area contributed by atoms with Crippen molar-refractivity contribution in [1.82, 2.24) is 14.5 Å². The largest absolute Gasteiger partial charge is 0.298 e. The number of rotatable bonds is 4. The van der Waals surface area contributed by atoms with Crippen molar-refractivity contribution in [3.63, 3.8) is 0 Å². The first-order valence-electron chi connectivity index (χ1n) is 13.1. The van der Waals surface area contributed by atoms with Gasteiger partial charge in [-0.25, -0.2) is 4.98 Å². The van der Waals surface area contributed by atoms with Gasteiger partial charge in [0.25, 0.3) is 5.56 Å². The summed E-state index contributed by atoms with van der Waals surface area (Å²) in [5, 5.41) is 0. The molecule has 0 saturated heterocycles. The van der Waals surface area contributed by atoms with E-state index in [2.05, 4.69) is 67.8 Å². The van der Waals surface area contributed by atoms with E-state index >= 15 is 0 Å². The second-order valence-corrected chi connectivity index (χ2v) is 10.8. The topological polar surface area (TPSA) is 41.4 Å². The molecule has 3 unspecified atom stereocenters. The Morgan fingerprint density at radius 1 is 0.971 bits per heavy atom. The molecule has 1 saturated carbocycles. The Bertz CT molecular complexity index is 1270. The van der Waals surface area contributed by atoms with Gasteiger partial charge in [-0.05, 0) is 56.2 Å². The number of fused-ring (bicyclic) bond motifs is 1. The van der Waals surface area contributed by atoms with Crippen molar-refractivity contribution >= 4 is 11.6 Å². The predicted octanol–water partition coefficient (Wildman–Crippen LogP) is 5.95. The van der Waals surface area contributed by atoms with Crippen LogP contribution in [0.3, 0.4) is 0 Å². The lowest BCUT2D eigenvalue weighted by Gasteiger charge is -2.47. The number of benzene rings is 2. The summed E-state index contributed by atoms with van der Waals surface area (Å²) in [6.07, 6.45) is 4.35. The SMILES string of the molecule is Cc1ccc(N2CN(C3CCCC(C)C3C)Cn3c2nc(C)c(Cc2ccccc2)c3=O)c(C)c1. The third-order valence-corrected chi connectivity index (χ3v) is 8.34. The summed E-state index contributed by atoms with van der Waals surface area (Å²) < 4.78 is 1.93. The molecule has 5 heteroatoms. The van der Waals surface area contributed by atoms with Gasteiger partial charge >= 0.3 is 0 Å². The molecule has 5 rings (SSSR count). The molecule has 3 aromatic rings. The molecule has 5 nitrogen and oxygen atoms in total. The van der Waals surface area contributed by atoms with E-state index in [1.807, 2.05) is 29.7 Å². The molecule has 1 aliphatic heterocycles. The van der Waals surface area contributed by atoms with E-state index in [9.17, 15) is 4.79 Å². The van der Waals surface area contributed by atoms with Crippen molar-refractivity contribution in [1.29, 1.82) is 0 Å². The molecule has 2 aromatic carbocycles. The van der Waals surface area contributed by atoms with E-state index in [4.69, 9.17) is 4.98 Å². The lowest BCUT2D eigenvalue weighted by atomic mass is 9.77. The maximum atomic E-state index is 14.0. The van der Waals surface area contributed by atoms with Crippen molar-refractivity contribution in [2.45, 2.75) is 73.0 Å². The van der Waals surface area contributed by atoms with Gasteiger partial charge < -0.3 is 0 Å². The van der Waals surface area contributed by atoms with Crippen LogP contribution in [0.2, 0.25) is 0 Å². The molecule has 0 spiro atoms. The molecule has 2 heterocycles. The smallest absolute Gasteiger partial charge is 0.259 e. The van der Waals surface area contributed by atoms with Crippen LogP contribution < -0.4 is 10.5 Å². The third kappa shape index (κ3) is 4.54. The Morgan fingerprint density at radius 3 is 2.49 bits per heavy atom. The molecular weight excluding hydrogens is 432 g/mol. The van der Waals surface area contributed by atoms with Crippen molar-refractivity contribution in [3.8, 4) is 0 Å². The molecular formula is C30H38N4O. The number of aryl methyl sites for hydroxylation is 3. The summed E-state index contributed by atoms with van der Waals surface area (Å²) >= 11 is 0. The lowest BCUT2D eigenvalue weighted by Crippen LogP contribution is -2.54. The van der Waals surface area contributed by atoms with Crippen LogP contribution >= 0.6 is 0 Å². The van der Waals surface area contributed by atoms with Crippen LogP contribution in [-0.4, -0.2) is 27.2 Å². The zero-order chi connectivity index (χ0) is 24.7. The van der Waals surface area contributed by atoms with Gasteiger partial charge in [-0.3, -0.25) is 19.2 Å². The standard InChI is InChI=1S/C30H38N4O/c1-20-14-15-27(22(3)16-20)33-18-32(28-13-9-10-21(2)23(28)4)19-34-29(35)26(24(5)31-30(33)34)17-25-11-7-6-8-12-25/h6-8,11-12,14-16,21,23,28H,9-10,13,17-19H2,1-5H3. The quantitative estimate of drug-likeness (QED) is 0.472. The van der Waals surface area contributed by atoms with Gasteiger partial charge in [0.15, 0.2) is 0 Å². The van der Waals surface area contributed by atoms with Gasteiger partial charge in [0, 0.05) is 23.7 Å². The van der Waals surface area contributed by atoms with Crippen LogP contribution in [0, 0.1) is 32.6 Å². The highest BCUT2D eigenvalue weighted by molar-refractivity contribution is 5.63. The van der Waals surface area contributed by atoms with Crippen LogP contribution in [0.15, 0.2) is 53.3 Å². The van der Waals surface area contributed by atoms with Gasteiger partial charge in [-0.2, -0.15) is 0 Å². The van der Waals surface area contributed by atoms with E-state index < -0.39 is 0 Å². The third-order valence-electron chi connectivity index (χ3n) is 8.34. The first kappa shape index (κ1) is 23.8. The van der Waals surface area contributed by atoms with E-state index in [1.54, 1.807) is 0 Å². The number of nitrogens with zero attached hydrogens (tertiary/aromatic N) is 4. The average Bonchev–Trinajstić information content (AvgIpc) is 2.84. The minimum atomic E-state index is 0.0901. The highest BCUT2D eigenvalue weighted by Gasteiger charge is 2.37. The molecule has 2 aliphatic rings. The zero-order valence-corrected chi connectivity index (χ0v) is 21.8. The Kier molecular flexibility index (Phi) is 6.54. The van der Waals surface area contributed by atoms with Crippen molar-refractivity contribution in [3.05, 3.63) is 86.8 Å². The van der Waals surface area contributed by atoms with E-state index in [0.717, 1.165) is 35.1 Å². The van der Waals surface area contributed by atoms with Crippen LogP contribution in [0.1, 0.15) is 61.1 Å². The number of hydrogen-bond donors (Lipinski definition) is 0. The molecule has 0 radical (unpaired) electrons. The normalized spacial score (nSPS) is 22.8. The van der Waals surface area contributed by atoms with Crippen molar-refractivity contribution in [2.24, 2.45) is 11.8 Å². The lowest BCUT2D eigenvalue weighted by molar-refractivity contribution is 0.0491. The van der Waals surface area contributed by atoms with Gasteiger partial charge in [0.05, 0.1) is 19.0 Å². The Labute approximate surface area is 209 Å². The second-order valence-electron chi connectivity index (χ2n) is 10.8. The summed E-state index contributed by atoms with van der Waals surface area (Å²) in [4.78, 5) is 23.9. The first-order valence-corrected chi connectivity index (χ1v) is 13.1. The maximum absolute atomic E-state index is 14.0. The van der Waals surface area contributed by atoms with Gasteiger partial charge in [0.1, 0.15) is 0 Å². The van der Waals surface area contributed by atoms with E-state index in [0.29, 0.717) is 31.0 Å². The van der Waals surface area contributed by atoms with E-state index in [-0.39, 0.29) is 5.56 Å². The summed E-state index contributed by atoms with van der Waals surface area (Å²) in [5.41, 5.74) is 6.45. The average molecular weight is 471 g/mol. The molecule has 0 bridgehead atoms. The molecule has 1 aliphatic carbocycles. The van der Waals surface area contributed by atoms with Crippen molar-refractivity contribution in [2.75, 3.05) is 11.6 Å². The molecule has 0 amide bonds. The van der Waals surface area contributed by atoms with Crippen LogP contribution in [0.4, 0.5) is 11.6 Å². The van der Waals surface area contributed by atoms with Crippen LogP contribution in [0.5, 0.6) is 0 Å². The molecule has 184 valence electrons. The van der Waals surface area contributed by atoms with Gasteiger partial charge in [-0.1, -0.05) is 74.7 Å². The van der Waals surface area contributed by atoms with Gasteiger partial charge in [0.2, 0.25) is 5.95 Å². The minimum absolute atomic E-state index is 0.0901. The number of aromatic nitrogens is 2. The highest BCUT2D eigenvalue weighted by atomic mass is 16.1. The number of anilines is 2. The molecule has 1 aromatic heterocycles. The Morgan fingerprint density at radius 2 is 1.74 bits per heavy atom. The fourth-order valence-corrected chi connectivity index (χ4v) is 6.07. The fourth-order valence-electron chi connectivity index (χ4n) is 6.07. The molecule has 3 atom stereocenters. The minimum Gasteiger partial charge on any atom is -0.298 e. The molecule has 0 N–H and O–H groups in total. The Balaban J connectivity index is 1.62. The van der Waals surface area contributed by atoms with Gasteiger partial charge in [-0.15, -0.1) is 0 Å². The monoisotopic (exact) mass is 470 g/mol. The summed E-state index contributed by atoms with van der Waals surface area (Å²) in [7, 11) is 0. The zero-order valence-electron chi connectivity index (χ0n) is 21.8.